The highest BCUT2D eigenvalue weighted by atomic mass is 79.9. The van der Waals surface area contributed by atoms with Gasteiger partial charge in [-0.05, 0) is 42.3 Å². The lowest BCUT2D eigenvalue weighted by Crippen LogP contribution is -2.40. The van der Waals surface area contributed by atoms with E-state index in [1.54, 1.807) is 43.3 Å². The van der Waals surface area contributed by atoms with Gasteiger partial charge in [-0.2, -0.15) is 0 Å². The van der Waals surface area contributed by atoms with Crippen LogP contribution in [0.1, 0.15) is 28.4 Å². The first-order chi connectivity index (χ1) is 12.3. The van der Waals surface area contributed by atoms with Gasteiger partial charge in [0.1, 0.15) is 5.54 Å². The second-order valence-corrected chi connectivity index (χ2v) is 7.06. The van der Waals surface area contributed by atoms with Gasteiger partial charge in [-0.1, -0.05) is 40.2 Å². The van der Waals surface area contributed by atoms with Crippen molar-refractivity contribution >= 4 is 33.8 Å². The first kappa shape index (κ1) is 18.1. The van der Waals surface area contributed by atoms with E-state index in [1.807, 2.05) is 12.1 Å². The van der Waals surface area contributed by atoms with Crippen molar-refractivity contribution in [2.24, 2.45) is 0 Å². The van der Waals surface area contributed by atoms with E-state index in [0.29, 0.717) is 16.7 Å². The zero-order valence-electron chi connectivity index (χ0n) is 14.3. The van der Waals surface area contributed by atoms with Gasteiger partial charge in [0.05, 0.1) is 19.2 Å². The molecule has 0 spiro atoms. The first-order valence-electron chi connectivity index (χ1n) is 7.92. The van der Waals surface area contributed by atoms with Crippen molar-refractivity contribution in [1.82, 2.24) is 10.2 Å². The smallest absolute Gasteiger partial charge is 0.337 e. The van der Waals surface area contributed by atoms with E-state index in [1.165, 1.54) is 7.11 Å². The minimum Gasteiger partial charge on any atom is -0.465 e. The fourth-order valence-corrected chi connectivity index (χ4v) is 3.33. The Balaban J connectivity index is 1.87. The maximum atomic E-state index is 13.0. The summed E-state index contributed by atoms with van der Waals surface area (Å²) in [7, 11) is 1.30. The van der Waals surface area contributed by atoms with Crippen LogP contribution in [0, 0.1) is 0 Å². The van der Waals surface area contributed by atoms with Gasteiger partial charge in [0, 0.05) is 4.47 Å². The van der Waals surface area contributed by atoms with Crippen molar-refractivity contribution in [3.05, 3.63) is 69.7 Å². The Hall–Kier alpha value is -2.67. The SMILES string of the molecule is COC(=O)c1cccc(CN2C(=O)NC(C)(c3cccc(Br)c3)C2=O)c1. The third kappa shape index (κ3) is 3.22. The number of amides is 3. The summed E-state index contributed by atoms with van der Waals surface area (Å²) in [4.78, 5) is 38.2. The van der Waals surface area contributed by atoms with E-state index >= 15 is 0 Å². The molecule has 26 heavy (non-hydrogen) atoms. The van der Waals surface area contributed by atoms with Crippen molar-refractivity contribution < 1.29 is 19.1 Å². The quantitative estimate of drug-likeness (QED) is 0.613. The molecule has 1 saturated heterocycles. The van der Waals surface area contributed by atoms with Crippen LogP contribution in [-0.4, -0.2) is 29.9 Å². The molecule has 6 nitrogen and oxygen atoms in total. The number of nitrogens with zero attached hydrogens (tertiary/aromatic N) is 1. The van der Waals surface area contributed by atoms with E-state index in [0.717, 1.165) is 9.37 Å². The number of carbonyl (C=O) groups excluding carboxylic acids is 3. The molecule has 0 aliphatic carbocycles. The number of nitrogens with one attached hydrogen (secondary N) is 1. The molecule has 0 saturated carbocycles. The topological polar surface area (TPSA) is 75.7 Å². The number of imide groups is 1. The summed E-state index contributed by atoms with van der Waals surface area (Å²) < 4.78 is 5.52. The lowest BCUT2D eigenvalue weighted by atomic mass is 9.92. The van der Waals surface area contributed by atoms with Crippen molar-refractivity contribution in [1.29, 1.82) is 0 Å². The molecule has 0 bridgehead atoms. The maximum absolute atomic E-state index is 13.0. The Bertz CT molecular complexity index is 899. The largest absolute Gasteiger partial charge is 0.465 e. The molecule has 0 radical (unpaired) electrons. The van der Waals surface area contributed by atoms with Gasteiger partial charge in [-0.25, -0.2) is 9.59 Å². The highest BCUT2D eigenvalue weighted by Gasteiger charge is 2.48. The zero-order valence-corrected chi connectivity index (χ0v) is 15.9. The van der Waals surface area contributed by atoms with Crippen molar-refractivity contribution in [2.75, 3.05) is 7.11 Å². The van der Waals surface area contributed by atoms with Crippen LogP contribution in [-0.2, 0) is 21.6 Å². The second kappa shape index (κ2) is 6.92. The van der Waals surface area contributed by atoms with Gasteiger partial charge >= 0.3 is 12.0 Å². The molecule has 134 valence electrons. The predicted molar refractivity (Wildman–Crippen MR) is 98.4 cm³/mol. The summed E-state index contributed by atoms with van der Waals surface area (Å²) in [6.07, 6.45) is 0. The third-order valence-corrected chi connectivity index (χ3v) is 4.86. The average Bonchev–Trinajstić information content (AvgIpc) is 2.85. The molecule has 2 aromatic rings. The Labute approximate surface area is 159 Å². The molecule has 1 heterocycles. The monoisotopic (exact) mass is 416 g/mol. The molecule has 3 rings (SSSR count). The van der Waals surface area contributed by atoms with Crippen LogP contribution in [0.5, 0.6) is 0 Å². The molecular weight excluding hydrogens is 400 g/mol. The number of ether oxygens (including phenoxy) is 1. The van der Waals surface area contributed by atoms with Gasteiger partial charge in [-0.15, -0.1) is 0 Å². The number of esters is 1. The molecule has 1 N–H and O–H groups in total. The number of urea groups is 1. The predicted octanol–water partition coefficient (Wildman–Crippen LogP) is 3.20. The number of benzene rings is 2. The molecule has 0 aromatic heterocycles. The van der Waals surface area contributed by atoms with Crippen LogP contribution >= 0.6 is 15.9 Å². The fourth-order valence-electron chi connectivity index (χ4n) is 2.93. The maximum Gasteiger partial charge on any atom is 0.337 e. The van der Waals surface area contributed by atoms with Crippen LogP contribution in [0.15, 0.2) is 53.0 Å². The number of hydrogen-bond acceptors (Lipinski definition) is 4. The first-order valence-corrected chi connectivity index (χ1v) is 8.72. The van der Waals surface area contributed by atoms with Gasteiger partial charge in [0.15, 0.2) is 0 Å². The van der Waals surface area contributed by atoms with Gasteiger partial charge in [0.25, 0.3) is 5.91 Å². The minimum absolute atomic E-state index is 0.0685. The normalized spacial score (nSPS) is 19.4. The molecule has 3 amide bonds. The Kier molecular flexibility index (Phi) is 4.82. The van der Waals surface area contributed by atoms with Gasteiger partial charge in [0.2, 0.25) is 0 Å². The Morgan fingerprint density at radius 1 is 1.19 bits per heavy atom. The summed E-state index contributed by atoms with van der Waals surface area (Å²) in [6, 6.07) is 13.5. The molecule has 1 atom stereocenters. The lowest BCUT2D eigenvalue weighted by molar-refractivity contribution is -0.131. The number of rotatable bonds is 4. The zero-order chi connectivity index (χ0) is 18.9. The number of methoxy groups -OCH3 is 1. The Morgan fingerprint density at radius 3 is 2.62 bits per heavy atom. The van der Waals surface area contributed by atoms with E-state index in [-0.39, 0.29) is 12.5 Å². The third-order valence-electron chi connectivity index (χ3n) is 4.37. The van der Waals surface area contributed by atoms with Gasteiger partial charge in [-0.3, -0.25) is 9.69 Å². The molecular formula is C19H17BrN2O4. The summed E-state index contributed by atoms with van der Waals surface area (Å²) in [5.41, 5.74) is 0.582. The summed E-state index contributed by atoms with van der Waals surface area (Å²) in [6.45, 7) is 1.75. The van der Waals surface area contributed by atoms with Crippen molar-refractivity contribution in [2.45, 2.75) is 19.0 Å². The molecule has 1 fully saturated rings. The van der Waals surface area contributed by atoms with Crippen LogP contribution in [0.25, 0.3) is 0 Å². The average molecular weight is 417 g/mol. The minimum atomic E-state index is -1.14. The van der Waals surface area contributed by atoms with E-state index in [2.05, 4.69) is 21.2 Å². The van der Waals surface area contributed by atoms with Crippen molar-refractivity contribution in [3.63, 3.8) is 0 Å². The van der Waals surface area contributed by atoms with Crippen LogP contribution in [0.4, 0.5) is 4.79 Å². The summed E-state index contributed by atoms with van der Waals surface area (Å²) in [5, 5.41) is 2.77. The second-order valence-electron chi connectivity index (χ2n) is 6.15. The van der Waals surface area contributed by atoms with Crippen molar-refractivity contribution in [3.8, 4) is 0 Å². The summed E-state index contributed by atoms with van der Waals surface area (Å²) >= 11 is 3.38. The van der Waals surface area contributed by atoms with E-state index in [4.69, 9.17) is 4.74 Å². The Morgan fingerprint density at radius 2 is 1.92 bits per heavy atom. The number of carbonyl (C=O) groups is 3. The standard InChI is InChI=1S/C19H17BrN2O4/c1-19(14-7-4-8-15(20)10-14)17(24)22(18(25)21-19)11-12-5-3-6-13(9-12)16(23)26-2/h3-10H,11H2,1-2H3,(H,21,25). The lowest BCUT2D eigenvalue weighted by Gasteiger charge is -2.22. The van der Waals surface area contributed by atoms with Crippen LogP contribution in [0.2, 0.25) is 0 Å². The van der Waals surface area contributed by atoms with E-state index < -0.39 is 17.5 Å². The van der Waals surface area contributed by atoms with Crippen LogP contribution in [0.3, 0.4) is 0 Å². The molecule has 1 aliphatic heterocycles. The highest BCUT2D eigenvalue weighted by Crippen LogP contribution is 2.31. The van der Waals surface area contributed by atoms with Gasteiger partial charge < -0.3 is 10.1 Å². The summed E-state index contributed by atoms with van der Waals surface area (Å²) in [5.74, 6) is -0.813. The highest BCUT2D eigenvalue weighted by molar-refractivity contribution is 9.10. The fraction of sp³-hybridized carbons (Fsp3) is 0.211. The molecule has 2 aromatic carbocycles. The van der Waals surface area contributed by atoms with Crippen LogP contribution < -0.4 is 5.32 Å². The number of hydrogen-bond donors (Lipinski definition) is 1. The molecule has 7 heteroatoms. The number of halogens is 1. The van der Waals surface area contributed by atoms with E-state index in [9.17, 15) is 14.4 Å². The molecule has 1 aliphatic rings. The molecule has 1 unspecified atom stereocenters.